The zero-order valence-corrected chi connectivity index (χ0v) is 13.7. The summed E-state index contributed by atoms with van der Waals surface area (Å²) in [5.41, 5.74) is 2.87. The molecule has 120 valence electrons. The van der Waals surface area contributed by atoms with Crippen molar-refractivity contribution in [2.45, 2.75) is 52.9 Å². The molecule has 1 aliphatic carbocycles. The van der Waals surface area contributed by atoms with Gasteiger partial charge in [0.2, 0.25) is 0 Å². The molecule has 0 heterocycles. The van der Waals surface area contributed by atoms with E-state index in [4.69, 9.17) is 0 Å². The van der Waals surface area contributed by atoms with E-state index in [0.29, 0.717) is 18.4 Å². The number of aliphatic carboxylic acids is 1. The molecule has 0 atom stereocenters. The number of carbonyl (C=O) groups excluding carboxylic acids is 1. The SMILES string of the molecule is Cc1cc(C)c(C(=O)NCC2(C(=O)O)CCCCC2)c(C)c1. The van der Waals surface area contributed by atoms with Crippen molar-refractivity contribution in [3.8, 4) is 0 Å². The van der Waals surface area contributed by atoms with Gasteiger partial charge in [-0.25, -0.2) is 0 Å². The van der Waals surface area contributed by atoms with E-state index in [9.17, 15) is 14.7 Å². The predicted octanol–water partition coefficient (Wildman–Crippen LogP) is 3.38. The van der Waals surface area contributed by atoms with Gasteiger partial charge < -0.3 is 10.4 Å². The number of nitrogens with one attached hydrogen (secondary N) is 1. The van der Waals surface area contributed by atoms with E-state index in [1.54, 1.807) is 0 Å². The highest BCUT2D eigenvalue weighted by Crippen LogP contribution is 2.36. The quantitative estimate of drug-likeness (QED) is 0.896. The van der Waals surface area contributed by atoms with Crippen molar-refractivity contribution >= 4 is 11.9 Å². The summed E-state index contributed by atoms with van der Waals surface area (Å²) >= 11 is 0. The lowest BCUT2D eigenvalue weighted by molar-refractivity contribution is -0.150. The molecular weight excluding hydrogens is 278 g/mol. The molecule has 1 fully saturated rings. The second-order valence-electron chi connectivity index (χ2n) is 6.60. The Labute approximate surface area is 131 Å². The Morgan fingerprint density at radius 3 is 2.14 bits per heavy atom. The number of carbonyl (C=O) groups is 2. The Balaban J connectivity index is 2.14. The number of hydrogen-bond acceptors (Lipinski definition) is 2. The Bertz CT molecular complexity index is 563. The maximum atomic E-state index is 12.5. The molecule has 2 N–H and O–H groups in total. The van der Waals surface area contributed by atoms with Gasteiger partial charge in [-0.2, -0.15) is 0 Å². The van der Waals surface area contributed by atoms with Gasteiger partial charge in [0.15, 0.2) is 0 Å². The molecule has 0 unspecified atom stereocenters. The fourth-order valence-corrected chi connectivity index (χ4v) is 3.57. The second-order valence-corrected chi connectivity index (χ2v) is 6.60. The van der Waals surface area contributed by atoms with E-state index in [-0.39, 0.29) is 12.5 Å². The van der Waals surface area contributed by atoms with Crippen LogP contribution in [-0.2, 0) is 4.79 Å². The van der Waals surface area contributed by atoms with Gasteiger partial charge in [0.05, 0.1) is 5.41 Å². The van der Waals surface area contributed by atoms with Crippen molar-refractivity contribution in [3.05, 3.63) is 34.4 Å². The molecule has 1 aliphatic rings. The van der Waals surface area contributed by atoms with Crippen LogP contribution >= 0.6 is 0 Å². The molecule has 1 aromatic rings. The van der Waals surface area contributed by atoms with Crippen LogP contribution in [0.5, 0.6) is 0 Å². The van der Waals surface area contributed by atoms with Crippen molar-refractivity contribution in [2.24, 2.45) is 5.41 Å². The number of carboxylic acids is 1. The van der Waals surface area contributed by atoms with Crippen LogP contribution in [0.4, 0.5) is 0 Å². The maximum Gasteiger partial charge on any atom is 0.311 e. The van der Waals surface area contributed by atoms with Crippen molar-refractivity contribution in [1.29, 1.82) is 0 Å². The topological polar surface area (TPSA) is 66.4 Å². The number of aryl methyl sites for hydroxylation is 3. The van der Waals surface area contributed by atoms with E-state index < -0.39 is 11.4 Å². The lowest BCUT2D eigenvalue weighted by atomic mass is 9.74. The largest absolute Gasteiger partial charge is 0.481 e. The zero-order valence-electron chi connectivity index (χ0n) is 13.7. The summed E-state index contributed by atoms with van der Waals surface area (Å²) in [5.74, 6) is -0.953. The average molecular weight is 303 g/mol. The first-order chi connectivity index (χ1) is 10.4. The first kappa shape index (κ1) is 16.5. The lowest BCUT2D eigenvalue weighted by Crippen LogP contribution is -2.44. The van der Waals surface area contributed by atoms with Gasteiger partial charge in [-0.1, -0.05) is 37.0 Å². The smallest absolute Gasteiger partial charge is 0.311 e. The van der Waals surface area contributed by atoms with E-state index >= 15 is 0 Å². The summed E-state index contributed by atoms with van der Waals surface area (Å²) in [6.07, 6.45) is 4.22. The standard InChI is InChI=1S/C18H25NO3/c1-12-9-13(2)15(14(3)10-12)16(20)19-11-18(17(21)22)7-5-4-6-8-18/h9-10H,4-8,11H2,1-3H3,(H,19,20)(H,21,22). The predicted molar refractivity (Wildman–Crippen MR) is 86.1 cm³/mol. The van der Waals surface area contributed by atoms with Crippen LogP contribution in [0.1, 0.15) is 59.2 Å². The molecule has 0 bridgehead atoms. The molecule has 0 spiro atoms. The minimum absolute atomic E-state index is 0.166. The third-order valence-corrected chi connectivity index (χ3v) is 4.76. The van der Waals surface area contributed by atoms with Gasteiger partial charge in [0, 0.05) is 12.1 Å². The molecule has 0 radical (unpaired) electrons. The normalized spacial score (nSPS) is 17.0. The summed E-state index contributed by atoms with van der Waals surface area (Å²) in [7, 11) is 0. The van der Waals surface area contributed by atoms with Gasteiger partial charge in [0.25, 0.3) is 5.91 Å². The Morgan fingerprint density at radius 1 is 1.09 bits per heavy atom. The molecule has 1 saturated carbocycles. The fraction of sp³-hybridized carbons (Fsp3) is 0.556. The highest BCUT2D eigenvalue weighted by molar-refractivity contribution is 5.97. The van der Waals surface area contributed by atoms with Gasteiger partial charge in [-0.05, 0) is 44.7 Å². The lowest BCUT2D eigenvalue weighted by Gasteiger charge is -2.33. The van der Waals surface area contributed by atoms with Crippen LogP contribution in [0, 0.1) is 26.2 Å². The summed E-state index contributed by atoms with van der Waals surface area (Å²) in [5, 5.41) is 12.4. The van der Waals surface area contributed by atoms with Crippen LogP contribution < -0.4 is 5.32 Å². The number of amides is 1. The van der Waals surface area contributed by atoms with E-state index in [1.165, 1.54) is 0 Å². The molecule has 0 aliphatic heterocycles. The molecule has 2 rings (SSSR count). The summed E-state index contributed by atoms with van der Waals surface area (Å²) < 4.78 is 0. The third kappa shape index (κ3) is 3.32. The van der Waals surface area contributed by atoms with Crippen molar-refractivity contribution in [1.82, 2.24) is 5.32 Å². The minimum Gasteiger partial charge on any atom is -0.481 e. The van der Waals surface area contributed by atoms with Crippen molar-refractivity contribution < 1.29 is 14.7 Å². The average Bonchev–Trinajstić information content (AvgIpc) is 2.45. The summed E-state index contributed by atoms with van der Waals surface area (Å²) in [6, 6.07) is 3.96. The zero-order chi connectivity index (χ0) is 16.3. The monoisotopic (exact) mass is 303 g/mol. The van der Waals surface area contributed by atoms with Crippen LogP contribution in [0.25, 0.3) is 0 Å². The highest BCUT2D eigenvalue weighted by atomic mass is 16.4. The number of benzene rings is 1. The molecular formula is C18H25NO3. The highest BCUT2D eigenvalue weighted by Gasteiger charge is 2.39. The van der Waals surface area contributed by atoms with Gasteiger partial charge >= 0.3 is 5.97 Å². The molecule has 0 saturated heterocycles. The van der Waals surface area contributed by atoms with Crippen LogP contribution in [0.15, 0.2) is 12.1 Å². The van der Waals surface area contributed by atoms with Gasteiger partial charge in [-0.15, -0.1) is 0 Å². The minimum atomic E-state index is -0.791. The molecule has 0 aromatic heterocycles. The Morgan fingerprint density at radius 2 is 1.64 bits per heavy atom. The number of hydrogen-bond donors (Lipinski definition) is 2. The molecule has 1 amide bonds. The third-order valence-electron chi connectivity index (χ3n) is 4.76. The van der Waals surface area contributed by atoms with E-state index in [1.807, 2.05) is 32.9 Å². The first-order valence-electron chi connectivity index (χ1n) is 7.95. The van der Waals surface area contributed by atoms with Crippen LogP contribution in [-0.4, -0.2) is 23.5 Å². The number of carboxylic acid groups (broad SMARTS) is 1. The first-order valence-corrected chi connectivity index (χ1v) is 7.95. The molecule has 4 nitrogen and oxygen atoms in total. The van der Waals surface area contributed by atoms with Crippen LogP contribution in [0.3, 0.4) is 0 Å². The van der Waals surface area contributed by atoms with E-state index in [0.717, 1.165) is 36.0 Å². The maximum absolute atomic E-state index is 12.5. The van der Waals surface area contributed by atoms with E-state index in [2.05, 4.69) is 5.32 Å². The van der Waals surface area contributed by atoms with Crippen molar-refractivity contribution in [2.75, 3.05) is 6.54 Å². The molecule has 4 heteroatoms. The van der Waals surface area contributed by atoms with Crippen molar-refractivity contribution in [3.63, 3.8) is 0 Å². The number of rotatable bonds is 4. The van der Waals surface area contributed by atoms with Gasteiger partial charge in [0.1, 0.15) is 0 Å². The Hall–Kier alpha value is -1.84. The van der Waals surface area contributed by atoms with Crippen LogP contribution in [0.2, 0.25) is 0 Å². The molecule has 22 heavy (non-hydrogen) atoms. The summed E-state index contributed by atoms with van der Waals surface area (Å²) in [6.45, 7) is 6.06. The fourth-order valence-electron chi connectivity index (χ4n) is 3.57. The van der Waals surface area contributed by atoms with Gasteiger partial charge in [-0.3, -0.25) is 9.59 Å². The Kier molecular flexibility index (Phi) is 4.89. The second kappa shape index (κ2) is 6.51. The molecule has 1 aromatic carbocycles. The summed E-state index contributed by atoms with van der Waals surface area (Å²) in [4.78, 5) is 24.2.